The van der Waals surface area contributed by atoms with E-state index in [1.165, 1.54) is 25.8 Å². The maximum Gasteiger partial charge on any atom is 0.326 e. The first-order valence-electron chi connectivity index (χ1n) is 12.9. The molecular formula is C27H40FN5O5. The van der Waals surface area contributed by atoms with Gasteiger partial charge < -0.3 is 30.1 Å². The maximum absolute atomic E-state index is 13.4. The molecule has 0 aliphatic rings. The topological polar surface area (TPSA) is 126 Å². The Morgan fingerprint density at radius 1 is 1.13 bits per heavy atom. The first-order valence-corrected chi connectivity index (χ1v) is 12.9. The van der Waals surface area contributed by atoms with Gasteiger partial charge in [-0.25, -0.2) is 19.2 Å². The molecule has 0 aliphatic heterocycles. The van der Waals surface area contributed by atoms with Crippen LogP contribution in [0.15, 0.2) is 30.3 Å². The van der Waals surface area contributed by atoms with Crippen LogP contribution in [0.4, 0.5) is 10.2 Å². The van der Waals surface area contributed by atoms with Gasteiger partial charge in [0, 0.05) is 39.0 Å². The number of halogens is 1. The van der Waals surface area contributed by atoms with Gasteiger partial charge in [0.25, 0.3) is 5.91 Å². The van der Waals surface area contributed by atoms with Crippen molar-refractivity contribution in [2.24, 2.45) is 0 Å². The fourth-order valence-corrected chi connectivity index (χ4v) is 4.04. The van der Waals surface area contributed by atoms with E-state index in [2.05, 4.69) is 33.6 Å². The van der Waals surface area contributed by atoms with Crippen molar-refractivity contribution in [2.75, 3.05) is 52.9 Å². The molecule has 0 radical (unpaired) electrons. The van der Waals surface area contributed by atoms with Crippen molar-refractivity contribution in [3.05, 3.63) is 47.3 Å². The summed E-state index contributed by atoms with van der Waals surface area (Å²) in [7, 11) is 4.75. The number of carbonyl (C=O) groups is 2. The number of unbranched alkanes of at least 4 members (excludes halogenated alkanes) is 1. The number of aromatic nitrogens is 2. The summed E-state index contributed by atoms with van der Waals surface area (Å²) >= 11 is 0. The van der Waals surface area contributed by atoms with E-state index in [-0.39, 0.29) is 18.0 Å². The standard InChI is InChI=1S/C27H40FN5O5/c1-5-19-12-13-20(30-25(19)29-2)9-6-7-15-33(18-21(17-28)37-3)16-14-23(27(35)36)32-26(34)22-10-8-11-24(31-22)38-4/h8,10-13,21,23H,5-7,9,14-18H2,1-4H3,(H,29,30)(H,32,34)(H,35,36). The average molecular weight is 534 g/mol. The number of pyridine rings is 2. The van der Waals surface area contributed by atoms with Crippen LogP contribution < -0.4 is 15.4 Å². The molecule has 0 bridgehead atoms. The smallest absolute Gasteiger partial charge is 0.326 e. The van der Waals surface area contributed by atoms with E-state index >= 15 is 0 Å². The Kier molecular flexibility index (Phi) is 13.4. The predicted octanol–water partition coefficient (Wildman–Crippen LogP) is 2.97. The Hall–Kier alpha value is -3.31. The van der Waals surface area contributed by atoms with Crippen LogP contribution in [0.1, 0.15) is 47.9 Å². The van der Waals surface area contributed by atoms with Gasteiger partial charge in [0.1, 0.15) is 24.2 Å². The number of aliphatic carboxylic acids is 1. The molecule has 11 heteroatoms. The van der Waals surface area contributed by atoms with E-state index in [4.69, 9.17) is 9.47 Å². The molecule has 2 atom stereocenters. The third-order valence-electron chi connectivity index (χ3n) is 6.28. The zero-order valence-corrected chi connectivity index (χ0v) is 22.7. The Bertz CT molecular complexity index is 1020. The fourth-order valence-electron chi connectivity index (χ4n) is 4.04. The summed E-state index contributed by atoms with van der Waals surface area (Å²) in [6, 6.07) is 7.68. The summed E-state index contributed by atoms with van der Waals surface area (Å²) in [4.78, 5) is 35.2. The molecule has 3 N–H and O–H groups in total. The Balaban J connectivity index is 1.96. The molecule has 10 nitrogen and oxygen atoms in total. The van der Waals surface area contributed by atoms with Crippen LogP contribution in [0, 0.1) is 0 Å². The van der Waals surface area contributed by atoms with E-state index in [1.54, 1.807) is 12.1 Å². The highest BCUT2D eigenvalue weighted by Crippen LogP contribution is 2.15. The molecule has 0 aromatic carbocycles. The van der Waals surface area contributed by atoms with Gasteiger partial charge in [-0.2, -0.15) is 0 Å². The number of hydrogen-bond donors (Lipinski definition) is 3. The van der Waals surface area contributed by atoms with Gasteiger partial charge in [0.05, 0.1) is 13.2 Å². The van der Waals surface area contributed by atoms with Gasteiger partial charge in [-0.3, -0.25) is 4.79 Å². The van der Waals surface area contributed by atoms with Crippen LogP contribution >= 0.6 is 0 Å². The molecule has 0 aliphatic carbocycles. The summed E-state index contributed by atoms with van der Waals surface area (Å²) in [5, 5.41) is 15.4. The Morgan fingerprint density at radius 3 is 2.55 bits per heavy atom. The zero-order valence-electron chi connectivity index (χ0n) is 22.7. The first-order chi connectivity index (χ1) is 18.3. The zero-order chi connectivity index (χ0) is 27.9. The molecule has 38 heavy (non-hydrogen) atoms. The van der Waals surface area contributed by atoms with Gasteiger partial charge in [-0.15, -0.1) is 0 Å². The molecule has 2 aromatic rings. The minimum Gasteiger partial charge on any atom is -0.481 e. The second-order valence-corrected chi connectivity index (χ2v) is 8.90. The molecule has 210 valence electrons. The van der Waals surface area contributed by atoms with Crippen LogP contribution in [0.5, 0.6) is 5.88 Å². The molecule has 0 fully saturated rings. The van der Waals surface area contributed by atoms with Crippen molar-refractivity contribution in [1.29, 1.82) is 0 Å². The summed E-state index contributed by atoms with van der Waals surface area (Å²) in [6.07, 6.45) is 2.90. The Labute approximate surface area is 224 Å². The summed E-state index contributed by atoms with van der Waals surface area (Å²) in [5.41, 5.74) is 2.23. The summed E-state index contributed by atoms with van der Waals surface area (Å²) < 4.78 is 23.6. The van der Waals surface area contributed by atoms with Crippen molar-refractivity contribution in [3.8, 4) is 5.88 Å². The number of methoxy groups -OCH3 is 2. The number of carbonyl (C=O) groups excluding carboxylic acids is 1. The minimum atomic E-state index is -1.16. The quantitative estimate of drug-likeness (QED) is 0.248. The van der Waals surface area contributed by atoms with Gasteiger partial charge in [-0.05, 0) is 56.3 Å². The summed E-state index contributed by atoms with van der Waals surface area (Å²) in [5.74, 6) is -0.615. The number of ether oxygens (including phenoxy) is 2. The Morgan fingerprint density at radius 2 is 1.92 bits per heavy atom. The number of nitrogens with one attached hydrogen (secondary N) is 2. The molecule has 0 spiro atoms. The van der Waals surface area contributed by atoms with Crippen LogP contribution in [-0.2, 0) is 22.4 Å². The lowest BCUT2D eigenvalue weighted by Crippen LogP contribution is -2.44. The van der Waals surface area contributed by atoms with Gasteiger partial charge in [0.2, 0.25) is 5.88 Å². The van der Waals surface area contributed by atoms with Crippen LogP contribution in [0.3, 0.4) is 0 Å². The average Bonchev–Trinajstić information content (AvgIpc) is 2.94. The fraction of sp³-hybridized carbons (Fsp3) is 0.556. The SMILES string of the molecule is CCc1ccc(CCCCN(CCC(NC(=O)c2cccc(OC)n2)C(=O)O)CC(CF)OC)nc1NC. The van der Waals surface area contributed by atoms with Crippen LogP contribution in [-0.4, -0.2) is 91.6 Å². The van der Waals surface area contributed by atoms with Crippen molar-refractivity contribution in [1.82, 2.24) is 20.2 Å². The number of carboxylic acid groups (broad SMARTS) is 1. The van der Waals surface area contributed by atoms with Crippen molar-refractivity contribution in [3.63, 3.8) is 0 Å². The van der Waals surface area contributed by atoms with Crippen LogP contribution in [0.25, 0.3) is 0 Å². The molecule has 2 unspecified atom stereocenters. The van der Waals surface area contributed by atoms with Crippen molar-refractivity contribution < 1.29 is 28.6 Å². The first kappa shape index (κ1) is 30.9. The number of carboxylic acids is 1. The van der Waals surface area contributed by atoms with E-state index in [1.807, 2.05) is 18.0 Å². The monoisotopic (exact) mass is 533 g/mol. The highest BCUT2D eigenvalue weighted by atomic mass is 19.1. The van der Waals surface area contributed by atoms with Gasteiger partial charge in [0.15, 0.2) is 0 Å². The molecule has 2 rings (SSSR count). The number of nitrogens with zero attached hydrogens (tertiary/aromatic N) is 3. The van der Waals surface area contributed by atoms with E-state index in [0.29, 0.717) is 19.6 Å². The number of hydrogen-bond acceptors (Lipinski definition) is 8. The van der Waals surface area contributed by atoms with E-state index in [9.17, 15) is 19.1 Å². The summed E-state index contributed by atoms with van der Waals surface area (Å²) in [6.45, 7) is 2.73. The number of amides is 1. The molecular weight excluding hydrogens is 493 g/mol. The molecule has 2 aromatic heterocycles. The largest absolute Gasteiger partial charge is 0.481 e. The third kappa shape index (κ3) is 9.86. The number of alkyl halides is 1. The lowest BCUT2D eigenvalue weighted by molar-refractivity contribution is -0.139. The lowest BCUT2D eigenvalue weighted by atomic mass is 10.1. The van der Waals surface area contributed by atoms with Gasteiger partial charge in [-0.1, -0.05) is 19.1 Å². The third-order valence-corrected chi connectivity index (χ3v) is 6.28. The highest BCUT2D eigenvalue weighted by molar-refractivity contribution is 5.95. The predicted molar refractivity (Wildman–Crippen MR) is 144 cm³/mol. The van der Waals surface area contributed by atoms with Crippen LogP contribution in [0.2, 0.25) is 0 Å². The minimum absolute atomic E-state index is 0.0614. The van der Waals surface area contributed by atoms with E-state index < -0.39 is 30.7 Å². The van der Waals surface area contributed by atoms with Crippen molar-refractivity contribution in [2.45, 2.75) is 51.2 Å². The lowest BCUT2D eigenvalue weighted by Gasteiger charge is -2.27. The highest BCUT2D eigenvalue weighted by Gasteiger charge is 2.23. The maximum atomic E-state index is 13.4. The second-order valence-electron chi connectivity index (χ2n) is 8.90. The van der Waals surface area contributed by atoms with Gasteiger partial charge >= 0.3 is 5.97 Å². The number of aryl methyl sites for hydroxylation is 2. The molecule has 0 saturated carbocycles. The number of anilines is 1. The normalized spacial score (nSPS) is 12.7. The number of rotatable bonds is 18. The molecule has 0 saturated heterocycles. The second kappa shape index (κ2) is 16.5. The molecule has 1 amide bonds. The molecule has 2 heterocycles. The van der Waals surface area contributed by atoms with Crippen molar-refractivity contribution >= 4 is 17.7 Å². The van der Waals surface area contributed by atoms with E-state index in [0.717, 1.165) is 37.2 Å².